The third-order valence-electron chi connectivity index (χ3n) is 2.83. The summed E-state index contributed by atoms with van der Waals surface area (Å²) in [6.07, 6.45) is 0. The minimum atomic E-state index is -1.45. The van der Waals surface area contributed by atoms with E-state index >= 15 is 0 Å². The quantitative estimate of drug-likeness (QED) is 0.719. The lowest BCUT2D eigenvalue weighted by Gasteiger charge is -2.26. The van der Waals surface area contributed by atoms with Crippen molar-refractivity contribution in [3.05, 3.63) is 12.3 Å². The van der Waals surface area contributed by atoms with Crippen LogP contribution in [-0.4, -0.2) is 45.7 Å². The lowest BCUT2D eigenvalue weighted by molar-refractivity contribution is 0.296. The summed E-state index contributed by atoms with van der Waals surface area (Å²) in [5, 5.41) is 0. The van der Waals surface area contributed by atoms with E-state index in [9.17, 15) is 0 Å². The first-order valence-electron chi connectivity index (χ1n) is 6.52. The lowest BCUT2D eigenvalue weighted by Crippen LogP contribution is -2.37. The van der Waals surface area contributed by atoms with Crippen molar-refractivity contribution in [1.29, 1.82) is 0 Å². The fraction of sp³-hybridized carbons (Fsp3) is 0.692. The molecule has 1 rings (SSSR count). The predicted octanol–water partition coefficient (Wildman–Crippen LogP) is 2.67. The van der Waals surface area contributed by atoms with E-state index in [1.54, 1.807) is 0 Å². The van der Waals surface area contributed by atoms with Crippen LogP contribution >= 0.6 is 0 Å². The SMILES string of the molecule is C=C[Si](C)(C)C[C@@H]1N=C(OCC)CN=C1OCC. The molecule has 0 fully saturated rings. The predicted molar refractivity (Wildman–Crippen MR) is 79.3 cm³/mol. The molecule has 18 heavy (non-hydrogen) atoms. The third kappa shape index (κ3) is 4.29. The summed E-state index contributed by atoms with van der Waals surface area (Å²) in [4.78, 5) is 9.08. The van der Waals surface area contributed by atoms with Crippen molar-refractivity contribution >= 4 is 19.9 Å². The van der Waals surface area contributed by atoms with Crippen molar-refractivity contribution in [2.45, 2.75) is 39.0 Å². The zero-order valence-electron chi connectivity index (χ0n) is 11.9. The van der Waals surface area contributed by atoms with Crippen LogP contribution in [0.2, 0.25) is 19.1 Å². The van der Waals surface area contributed by atoms with E-state index in [2.05, 4.69) is 35.4 Å². The maximum Gasteiger partial charge on any atom is 0.209 e. The first-order valence-corrected chi connectivity index (χ1v) is 9.81. The largest absolute Gasteiger partial charge is 0.480 e. The summed E-state index contributed by atoms with van der Waals surface area (Å²) in [6.45, 7) is 14.2. The Morgan fingerprint density at radius 2 is 2.00 bits per heavy atom. The number of ether oxygens (including phenoxy) is 2. The van der Waals surface area contributed by atoms with Gasteiger partial charge >= 0.3 is 0 Å². The Morgan fingerprint density at radius 1 is 1.33 bits per heavy atom. The molecule has 0 saturated carbocycles. The minimum Gasteiger partial charge on any atom is -0.480 e. The van der Waals surface area contributed by atoms with E-state index < -0.39 is 8.07 Å². The Bertz CT molecular complexity index is 351. The number of aliphatic imine (C=N–C) groups is 2. The van der Waals surface area contributed by atoms with Gasteiger partial charge in [-0.15, -0.1) is 12.3 Å². The van der Waals surface area contributed by atoms with Crippen molar-refractivity contribution < 1.29 is 9.47 Å². The van der Waals surface area contributed by atoms with Gasteiger partial charge in [0.2, 0.25) is 11.8 Å². The fourth-order valence-corrected chi connectivity index (χ4v) is 3.20. The number of hydrogen-bond donors (Lipinski definition) is 0. The van der Waals surface area contributed by atoms with Crippen molar-refractivity contribution in [1.82, 2.24) is 0 Å². The molecule has 1 atom stereocenters. The van der Waals surface area contributed by atoms with Gasteiger partial charge in [0, 0.05) is 0 Å². The minimum absolute atomic E-state index is 0.0000772. The molecule has 0 saturated heterocycles. The van der Waals surface area contributed by atoms with Crippen LogP contribution in [-0.2, 0) is 9.47 Å². The van der Waals surface area contributed by atoms with E-state index in [1.165, 1.54) is 0 Å². The molecule has 0 aromatic rings. The number of hydrogen-bond acceptors (Lipinski definition) is 4. The standard InChI is InChI=1S/C13H24N2O2Si/c1-6-16-12-9-14-13(17-7-2)11(15-12)10-18(4,5)8-3/h8,11H,3,6-7,9-10H2,1-2,4-5H3/t11-/m0/s1. The summed E-state index contributed by atoms with van der Waals surface area (Å²) in [6, 6.07) is 0.964. The number of nitrogens with zero attached hydrogens (tertiary/aromatic N) is 2. The molecule has 0 aromatic carbocycles. The second kappa shape index (κ2) is 6.73. The van der Waals surface area contributed by atoms with Gasteiger partial charge in [-0.25, -0.2) is 9.98 Å². The Kier molecular flexibility index (Phi) is 5.59. The summed E-state index contributed by atoms with van der Waals surface area (Å²) in [5.41, 5.74) is 2.08. The van der Waals surface area contributed by atoms with E-state index in [-0.39, 0.29) is 6.04 Å². The van der Waals surface area contributed by atoms with Gasteiger partial charge in [0.25, 0.3) is 0 Å². The molecular formula is C13H24N2O2Si. The third-order valence-corrected chi connectivity index (χ3v) is 5.37. The maximum atomic E-state index is 5.59. The Labute approximate surface area is 111 Å². The Balaban J connectivity index is 2.80. The monoisotopic (exact) mass is 268 g/mol. The summed E-state index contributed by atoms with van der Waals surface area (Å²) >= 11 is 0. The second-order valence-electron chi connectivity index (χ2n) is 4.96. The number of rotatable bonds is 5. The summed E-state index contributed by atoms with van der Waals surface area (Å²) in [7, 11) is -1.45. The summed E-state index contributed by atoms with van der Waals surface area (Å²) < 4.78 is 11.1. The molecule has 1 aliphatic rings. The molecule has 0 aromatic heterocycles. The first kappa shape index (κ1) is 15.0. The van der Waals surface area contributed by atoms with Crippen LogP contribution in [0.4, 0.5) is 0 Å². The molecule has 102 valence electrons. The Morgan fingerprint density at radius 3 is 2.56 bits per heavy atom. The molecule has 0 amide bonds. The lowest BCUT2D eigenvalue weighted by atomic mass is 10.3. The molecule has 1 heterocycles. The van der Waals surface area contributed by atoms with Gasteiger partial charge in [0.1, 0.15) is 12.6 Å². The van der Waals surface area contributed by atoms with Gasteiger partial charge in [0.05, 0.1) is 21.3 Å². The molecule has 0 N–H and O–H groups in total. The van der Waals surface area contributed by atoms with Crippen LogP contribution in [0.15, 0.2) is 22.3 Å². The van der Waals surface area contributed by atoms with Gasteiger partial charge in [0.15, 0.2) is 0 Å². The van der Waals surface area contributed by atoms with Gasteiger partial charge in [-0.3, -0.25) is 0 Å². The smallest absolute Gasteiger partial charge is 0.209 e. The van der Waals surface area contributed by atoms with Crippen LogP contribution in [0, 0.1) is 0 Å². The Hall–Kier alpha value is -1.10. The highest BCUT2D eigenvalue weighted by Crippen LogP contribution is 2.19. The first-order chi connectivity index (χ1) is 8.52. The highest BCUT2D eigenvalue weighted by molar-refractivity contribution is 6.82. The molecule has 0 spiro atoms. The van der Waals surface area contributed by atoms with Gasteiger partial charge in [-0.1, -0.05) is 13.1 Å². The highest BCUT2D eigenvalue weighted by atomic mass is 28.3. The zero-order chi connectivity index (χ0) is 13.6. The fourth-order valence-electron chi connectivity index (χ4n) is 1.77. The van der Waals surface area contributed by atoms with E-state index in [1.807, 2.05) is 13.8 Å². The zero-order valence-corrected chi connectivity index (χ0v) is 12.9. The van der Waals surface area contributed by atoms with Crippen molar-refractivity contribution in [2.75, 3.05) is 19.8 Å². The van der Waals surface area contributed by atoms with E-state index in [0.717, 1.165) is 17.8 Å². The highest BCUT2D eigenvalue weighted by Gasteiger charge is 2.29. The molecular weight excluding hydrogens is 244 g/mol. The van der Waals surface area contributed by atoms with Gasteiger partial charge in [-0.05, 0) is 19.9 Å². The van der Waals surface area contributed by atoms with Crippen LogP contribution < -0.4 is 0 Å². The molecule has 1 aliphatic heterocycles. The molecule has 0 bridgehead atoms. The molecule has 5 heteroatoms. The van der Waals surface area contributed by atoms with Crippen molar-refractivity contribution in [3.63, 3.8) is 0 Å². The molecule has 0 unspecified atom stereocenters. The maximum absolute atomic E-state index is 5.59. The normalized spacial score (nSPS) is 19.9. The average molecular weight is 268 g/mol. The second-order valence-corrected chi connectivity index (χ2v) is 9.75. The van der Waals surface area contributed by atoms with E-state index in [4.69, 9.17) is 9.47 Å². The average Bonchev–Trinajstić information content (AvgIpc) is 2.33. The van der Waals surface area contributed by atoms with Crippen LogP contribution in [0.25, 0.3) is 0 Å². The van der Waals surface area contributed by atoms with Crippen LogP contribution in [0.5, 0.6) is 0 Å². The van der Waals surface area contributed by atoms with Crippen molar-refractivity contribution in [3.8, 4) is 0 Å². The van der Waals surface area contributed by atoms with Gasteiger partial charge in [-0.2, -0.15) is 0 Å². The molecule has 0 aliphatic carbocycles. The van der Waals surface area contributed by atoms with E-state index in [0.29, 0.717) is 19.8 Å². The van der Waals surface area contributed by atoms with Crippen LogP contribution in [0.1, 0.15) is 13.8 Å². The molecule has 0 radical (unpaired) electrons. The molecule has 4 nitrogen and oxygen atoms in total. The van der Waals surface area contributed by atoms with Gasteiger partial charge < -0.3 is 9.47 Å². The summed E-state index contributed by atoms with van der Waals surface area (Å²) in [5.74, 6) is 1.48. The van der Waals surface area contributed by atoms with Crippen molar-refractivity contribution in [2.24, 2.45) is 9.98 Å². The van der Waals surface area contributed by atoms with Crippen LogP contribution in [0.3, 0.4) is 0 Å². The topological polar surface area (TPSA) is 43.2 Å².